The number of rotatable bonds is 9. The van der Waals surface area contributed by atoms with Gasteiger partial charge in [-0.15, -0.1) is 0 Å². The molecule has 32 heavy (non-hydrogen) atoms. The lowest BCUT2D eigenvalue weighted by molar-refractivity contribution is -0.143. The van der Waals surface area contributed by atoms with Gasteiger partial charge in [0.05, 0.1) is 4.47 Å². The van der Waals surface area contributed by atoms with E-state index in [1.54, 1.807) is 4.90 Å². The van der Waals surface area contributed by atoms with E-state index in [1.807, 2.05) is 77.1 Å². The molecule has 0 spiro atoms. The molecular weight excluding hydrogens is 468 g/mol. The zero-order valence-electron chi connectivity index (χ0n) is 20.0. The lowest BCUT2D eigenvalue weighted by atomic mass is 10.0. The Labute approximate surface area is 200 Å². The van der Waals surface area contributed by atoms with Crippen LogP contribution in [0.15, 0.2) is 46.9 Å². The summed E-state index contributed by atoms with van der Waals surface area (Å²) < 4.78 is 6.67. The Morgan fingerprint density at radius 3 is 2.38 bits per heavy atom. The number of benzene rings is 2. The average molecular weight is 503 g/mol. The first-order valence-electron chi connectivity index (χ1n) is 11.1. The molecule has 1 atom stereocenters. The van der Waals surface area contributed by atoms with Crippen molar-refractivity contribution < 1.29 is 14.3 Å². The smallest absolute Gasteiger partial charge is 0.261 e. The monoisotopic (exact) mass is 502 g/mol. The van der Waals surface area contributed by atoms with E-state index < -0.39 is 6.04 Å². The first kappa shape index (κ1) is 25.9. The van der Waals surface area contributed by atoms with E-state index in [-0.39, 0.29) is 24.0 Å². The van der Waals surface area contributed by atoms with E-state index >= 15 is 0 Å². The predicted octanol–water partition coefficient (Wildman–Crippen LogP) is 5.42. The highest BCUT2D eigenvalue weighted by atomic mass is 79.9. The van der Waals surface area contributed by atoms with Gasteiger partial charge in [-0.25, -0.2) is 0 Å². The number of halogens is 1. The Balaban J connectivity index is 2.26. The normalized spacial score (nSPS) is 12.2. The van der Waals surface area contributed by atoms with Crippen molar-refractivity contribution in [3.63, 3.8) is 0 Å². The second kappa shape index (κ2) is 11.5. The summed E-state index contributed by atoms with van der Waals surface area (Å²) in [7, 11) is 0. The molecule has 0 heterocycles. The van der Waals surface area contributed by atoms with Crippen LogP contribution in [-0.2, 0) is 22.6 Å². The van der Waals surface area contributed by atoms with Crippen molar-refractivity contribution in [3.8, 4) is 5.75 Å². The highest BCUT2D eigenvalue weighted by Crippen LogP contribution is 2.26. The molecule has 0 aliphatic carbocycles. The van der Waals surface area contributed by atoms with Gasteiger partial charge in [0.2, 0.25) is 5.91 Å². The maximum absolute atomic E-state index is 13.3. The van der Waals surface area contributed by atoms with E-state index in [2.05, 4.69) is 28.2 Å². The SMILES string of the molecule is CCc1ccc(OCC(=O)N(Cc2ccccc2C)[C@H](CC)C(=O)NC(C)(C)C)c(Br)c1. The summed E-state index contributed by atoms with van der Waals surface area (Å²) in [6.07, 6.45) is 1.43. The van der Waals surface area contributed by atoms with Crippen LogP contribution in [0, 0.1) is 6.92 Å². The third-order valence-electron chi connectivity index (χ3n) is 5.24. The average Bonchev–Trinajstić information content (AvgIpc) is 2.72. The fourth-order valence-electron chi connectivity index (χ4n) is 3.45. The van der Waals surface area contributed by atoms with Gasteiger partial charge in [0.15, 0.2) is 6.61 Å². The number of ether oxygens (including phenoxy) is 1. The molecule has 1 N–H and O–H groups in total. The van der Waals surface area contributed by atoms with Crippen molar-refractivity contribution in [1.82, 2.24) is 10.2 Å². The van der Waals surface area contributed by atoms with Gasteiger partial charge in [0, 0.05) is 12.1 Å². The molecule has 0 aliphatic heterocycles. The molecule has 2 amide bonds. The summed E-state index contributed by atoms with van der Waals surface area (Å²) in [6.45, 7) is 12.0. The third-order valence-corrected chi connectivity index (χ3v) is 5.86. The molecule has 0 aliphatic rings. The van der Waals surface area contributed by atoms with Crippen molar-refractivity contribution in [2.45, 2.75) is 72.5 Å². The Bertz CT molecular complexity index is 937. The summed E-state index contributed by atoms with van der Waals surface area (Å²) >= 11 is 3.52. The number of nitrogens with zero attached hydrogens (tertiary/aromatic N) is 1. The summed E-state index contributed by atoms with van der Waals surface area (Å²) in [5, 5.41) is 3.02. The van der Waals surface area contributed by atoms with Gasteiger partial charge in [-0.05, 0) is 85.3 Å². The number of nitrogens with one attached hydrogen (secondary N) is 1. The summed E-state index contributed by atoms with van der Waals surface area (Å²) in [4.78, 5) is 28.0. The maximum atomic E-state index is 13.3. The molecule has 2 rings (SSSR count). The van der Waals surface area contributed by atoms with Crippen molar-refractivity contribution >= 4 is 27.7 Å². The van der Waals surface area contributed by atoms with Crippen LogP contribution in [0.5, 0.6) is 5.75 Å². The van der Waals surface area contributed by atoms with Gasteiger partial charge in [-0.3, -0.25) is 9.59 Å². The van der Waals surface area contributed by atoms with E-state index in [9.17, 15) is 9.59 Å². The molecule has 0 fully saturated rings. The quantitative estimate of drug-likeness (QED) is 0.497. The lowest BCUT2D eigenvalue weighted by Crippen LogP contribution is -2.54. The molecule has 2 aromatic carbocycles. The third kappa shape index (κ3) is 7.37. The summed E-state index contributed by atoms with van der Waals surface area (Å²) in [5.41, 5.74) is 2.89. The molecule has 0 bridgehead atoms. The van der Waals surface area contributed by atoms with E-state index in [4.69, 9.17) is 4.74 Å². The number of carbonyl (C=O) groups excluding carboxylic acids is 2. The van der Waals surface area contributed by atoms with E-state index in [1.165, 1.54) is 5.56 Å². The molecular formula is C26H35BrN2O3. The Kier molecular flexibility index (Phi) is 9.32. The van der Waals surface area contributed by atoms with Crippen LogP contribution in [0.2, 0.25) is 0 Å². The first-order chi connectivity index (χ1) is 15.1. The minimum absolute atomic E-state index is 0.144. The van der Waals surface area contributed by atoms with Crippen molar-refractivity contribution in [3.05, 3.63) is 63.6 Å². The largest absolute Gasteiger partial charge is 0.483 e. The van der Waals surface area contributed by atoms with Crippen LogP contribution in [0.25, 0.3) is 0 Å². The van der Waals surface area contributed by atoms with Gasteiger partial charge in [-0.1, -0.05) is 44.2 Å². The Morgan fingerprint density at radius 2 is 1.81 bits per heavy atom. The number of carbonyl (C=O) groups is 2. The number of aryl methyl sites for hydroxylation is 2. The summed E-state index contributed by atoms with van der Waals surface area (Å²) in [6, 6.07) is 13.2. The minimum atomic E-state index is -0.587. The molecule has 174 valence electrons. The maximum Gasteiger partial charge on any atom is 0.261 e. The number of hydrogen-bond donors (Lipinski definition) is 1. The first-order valence-corrected chi connectivity index (χ1v) is 11.9. The molecule has 0 radical (unpaired) electrons. The molecule has 0 saturated carbocycles. The van der Waals surface area contributed by atoms with Gasteiger partial charge in [0.25, 0.3) is 5.91 Å². The topological polar surface area (TPSA) is 58.6 Å². The Morgan fingerprint density at radius 1 is 1.12 bits per heavy atom. The number of hydrogen-bond acceptors (Lipinski definition) is 3. The molecule has 6 heteroatoms. The lowest BCUT2D eigenvalue weighted by Gasteiger charge is -2.33. The van der Waals surface area contributed by atoms with Gasteiger partial charge < -0.3 is 15.0 Å². The second-order valence-electron chi connectivity index (χ2n) is 9.02. The standard InChI is InChI=1S/C26H35BrN2O3/c1-7-19-13-14-23(21(27)15-19)32-17-24(30)29(16-20-12-10-9-11-18(20)3)22(8-2)25(31)28-26(4,5)6/h9-15,22H,7-8,16-17H2,1-6H3,(H,28,31)/t22-/m1/s1. The van der Waals surface area contributed by atoms with Crippen molar-refractivity contribution in [2.24, 2.45) is 0 Å². The van der Waals surface area contributed by atoms with Crippen LogP contribution >= 0.6 is 15.9 Å². The molecule has 0 aromatic heterocycles. The molecule has 2 aromatic rings. The fourth-order valence-corrected chi connectivity index (χ4v) is 3.99. The van der Waals surface area contributed by atoms with Crippen LogP contribution in [0.3, 0.4) is 0 Å². The zero-order chi connectivity index (χ0) is 23.9. The van der Waals surface area contributed by atoms with Crippen LogP contribution in [-0.4, -0.2) is 34.9 Å². The van der Waals surface area contributed by atoms with Crippen molar-refractivity contribution in [2.75, 3.05) is 6.61 Å². The Hall–Kier alpha value is -2.34. The van der Waals surface area contributed by atoms with Crippen LogP contribution < -0.4 is 10.1 Å². The van der Waals surface area contributed by atoms with E-state index in [0.717, 1.165) is 22.0 Å². The van der Waals surface area contributed by atoms with Gasteiger partial charge in [0.1, 0.15) is 11.8 Å². The fraction of sp³-hybridized carbons (Fsp3) is 0.462. The second-order valence-corrected chi connectivity index (χ2v) is 9.87. The minimum Gasteiger partial charge on any atom is -0.483 e. The molecule has 0 unspecified atom stereocenters. The molecule has 0 saturated heterocycles. The number of amides is 2. The van der Waals surface area contributed by atoms with E-state index in [0.29, 0.717) is 18.7 Å². The predicted molar refractivity (Wildman–Crippen MR) is 133 cm³/mol. The van der Waals surface area contributed by atoms with Gasteiger partial charge >= 0.3 is 0 Å². The summed E-state index contributed by atoms with van der Waals surface area (Å²) in [5.74, 6) is 0.227. The van der Waals surface area contributed by atoms with Crippen LogP contribution in [0.1, 0.15) is 57.7 Å². The molecule has 5 nitrogen and oxygen atoms in total. The highest BCUT2D eigenvalue weighted by Gasteiger charge is 2.31. The van der Waals surface area contributed by atoms with Crippen molar-refractivity contribution in [1.29, 1.82) is 0 Å². The highest BCUT2D eigenvalue weighted by molar-refractivity contribution is 9.10. The van der Waals surface area contributed by atoms with Crippen LogP contribution in [0.4, 0.5) is 0 Å². The van der Waals surface area contributed by atoms with Gasteiger partial charge in [-0.2, -0.15) is 0 Å². The zero-order valence-corrected chi connectivity index (χ0v) is 21.6.